The summed E-state index contributed by atoms with van der Waals surface area (Å²) in [4.78, 5) is 12.0. The second kappa shape index (κ2) is 6.31. The van der Waals surface area contributed by atoms with Gasteiger partial charge < -0.3 is 9.47 Å². The van der Waals surface area contributed by atoms with Crippen LogP contribution >= 0.6 is 15.9 Å². The number of carbonyl (C=O) groups is 1. The van der Waals surface area contributed by atoms with Crippen molar-refractivity contribution in [3.63, 3.8) is 0 Å². The summed E-state index contributed by atoms with van der Waals surface area (Å²) >= 11 is 3.40. The van der Waals surface area contributed by atoms with Gasteiger partial charge in [-0.25, -0.2) is 0 Å². The molecule has 2 unspecified atom stereocenters. The van der Waals surface area contributed by atoms with Crippen molar-refractivity contribution < 1.29 is 14.3 Å². The topological polar surface area (TPSA) is 35.5 Å². The third-order valence-corrected chi connectivity index (χ3v) is 4.05. The Morgan fingerprint density at radius 2 is 1.81 bits per heavy atom. The van der Waals surface area contributed by atoms with Crippen LogP contribution in [-0.2, 0) is 9.53 Å². The maximum atomic E-state index is 12.0. The van der Waals surface area contributed by atoms with E-state index in [1.165, 1.54) is 0 Å². The summed E-state index contributed by atoms with van der Waals surface area (Å²) in [5.74, 6) is 0.432. The van der Waals surface area contributed by atoms with E-state index < -0.39 is 0 Å². The van der Waals surface area contributed by atoms with Crippen LogP contribution in [0.15, 0.2) is 59.1 Å². The summed E-state index contributed by atoms with van der Waals surface area (Å²) < 4.78 is 12.1. The number of benzene rings is 2. The maximum Gasteiger partial charge on any atom is 0.313 e. The van der Waals surface area contributed by atoms with Crippen LogP contribution in [0.25, 0.3) is 0 Å². The number of hydrogen-bond acceptors (Lipinski definition) is 3. The van der Waals surface area contributed by atoms with Crippen LogP contribution in [0.1, 0.15) is 17.9 Å². The summed E-state index contributed by atoms with van der Waals surface area (Å²) in [6.45, 7) is 0.392. The van der Waals surface area contributed by atoms with Crippen molar-refractivity contribution in [1.82, 2.24) is 0 Å². The average Bonchev–Trinajstić information content (AvgIpc) is 2.88. The first-order valence-electron chi connectivity index (χ1n) is 6.86. The fraction of sp³-hybridized carbons (Fsp3) is 0.235. The first-order valence-corrected chi connectivity index (χ1v) is 7.65. The van der Waals surface area contributed by atoms with E-state index >= 15 is 0 Å². The van der Waals surface area contributed by atoms with Crippen molar-refractivity contribution in [3.05, 3.63) is 64.6 Å². The highest BCUT2D eigenvalue weighted by molar-refractivity contribution is 9.10. The monoisotopic (exact) mass is 346 g/mol. The first kappa shape index (κ1) is 14.1. The summed E-state index contributed by atoms with van der Waals surface area (Å²) in [6, 6.07) is 17.3. The fourth-order valence-corrected chi connectivity index (χ4v) is 2.69. The van der Waals surface area contributed by atoms with Crippen LogP contribution in [0.2, 0.25) is 0 Å². The van der Waals surface area contributed by atoms with E-state index in [0.29, 0.717) is 13.0 Å². The van der Waals surface area contributed by atoms with Crippen LogP contribution in [0.5, 0.6) is 5.75 Å². The molecule has 0 bridgehead atoms. The number of ether oxygens (including phenoxy) is 2. The lowest BCUT2D eigenvalue weighted by Gasteiger charge is -2.10. The molecule has 1 aliphatic rings. The lowest BCUT2D eigenvalue weighted by Crippen LogP contribution is -2.17. The van der Waals surface area contributed by atoms with Crippen molar-refractivity contribution in [2.24, 2.45) is 0 Å². The fourth-order valence-electron chi connectivity index (χ4n) is 2.43. The Balaban J connectivity index is 1.61. The summed E-state index contributed by atoms with van der Waals surface area (Å²) in [5.41, 5.74) is 0.991. The highest BCUT2D eigenvalue weighted by atomic mass is 79.9. The number of esters is 1. The Morgan fingerprint density at radius 3 is 2.52 bits per heavy atom. The molecule has 108 valence electrons. The zero-order chi connectivity index (χ0) is 14.7. The zero-order valence-corrected chi connectivity index (χ0v) is 13.0. The van der Waals surface area contributed by atoms with Gasteiger partial charge in [0.1, 0.15) is 18.5 Å². The van der Waals surface area contributed by atoms with Gasteiger partial charge >= 0.3 is 5.97 Å². The molecule has 0 amide bonds. The Labute approximate surface area is 132 Å². The van der Waals surface area contributed by atoms with E-state index in [1.807, 2.05) is 54.6 Å². The number of halogens is 1. The Morgan fingerprint density at radius 1 is 1.10 bits per heavy atom. The lowest BCUT2D eigenvalue weighted by atomic mass is 9.96. The van der Waals surface area contributed by atoms with Gasteiger partial charge in [0.25, 0.3) is 0 Å². The third kappa shape index (κ3) is 3.45. The molecule has 1 heterocycles. The van der Waals surface area contributed by atoms with Crippen LogP contribution in [0.4, 0.5) is 0 Å². The molecule has 1 fully saturated rings. The smallest absolute Gasteiger partial charge is 0.313 e. The van der Waals surface area contributed by atoms with E-state index in [4.69, 9.17) is 9.47 Å². The molecule has 0 saturated carbocycles. The van der Waals surface area contributed by atoms with Gasteiger partial charge in [0.05, 0.1) is 5.92 Å². The average molecular weight is 347 g/mol. The SMILES string of the molecule is O=C1OC(COc2ccccc2)CC1c1ccc(Br)cc1. The van der Waals surface area contributed by atoms with E-state index in [9.17, 15) is 4.79 Å². The van der Waals surface area contributed by atoms with Gasteiger partial charge in [-0.2, -0.15) is 0 Å². The lowest BCUT2D eigenvalue weighted by molar-refractivity contribution is -0.143. The summed E-state index contributed by atoms with van der Waals surface area (Å²) in [5, 5.41) is 0. The molecule has 1 saturated heterocycles. The molecule has 2 aromatic carbocycles. The number of hydrogen-bond donors (Lipinski definition) is 0. The number of carbonyl (C=O) groups excluding carboxylic acids is 1. The van der Waals surface area contributed by atoms with E-state index in [-0.39, 0.29) is 18.0 Å². The van der Waals surface area contributed by atoms with Gasteiger partial charge in [-0.05, 0) is 29.8 Å². The van der Waals surface area contributed by atoms with Crippen LogP contribution < -0.4 is 4.74 Å². The van der Waals surface area contributed by atoms with Gasteiger partial charge in [0.2, 0.25) is 0 Å². The second-order valence-corrected chi connectivity index (χ2v) is 5.94. The zero-order valence-electron chi connectivity index (χ0n) is 11.4. The Kier molecular flexibility index (Phi) is 4.25. The maximum absolute atomic E-state index is 12.0. The van der Waals surface area contributed by atoms with Crippen molar-refractivity contribution in [2.75, 3.05) is 6.61 Å². The van der Waals surface area contributed by atoms with Crippen LogP contribution in [-0.4, -0.2) is 18.7 Å². The Hall–Kier alpha value is -1.81. The molecular weight excluding hydrogens is 332 g/mol. The van der Waals surface area contributed by atoms with Crippen LogP contribution in [0, 0.1) is 0 Å². The minimum Gasteiger partial charge on any atom is -0.490 e. The van der Waals surface area contributed by atoms with Crippen molar-refractivity contribution in [1.29, 1.82) is 0 Å². The molecule has 2 atom stereocenters. The highest BCUT2D eigenvalue weighted by Crippen LogP contribution is 2.31. The van der Waals surface area contributed by atoms with E-state index in [0.717, 1.165) is 15.8 Å². The van der Waals surface area contributed by atoms with Gasteiger partial charge in [-0.3, -0.25) is 4.79 Å². The molecule has 3 nitrogen and oxygen atoms in total. The molecule has 2 aromatic rings. The Bertz CT molecular complexity index is 610. The van der Waals surface area contributed by atoms with Crippen molar-refractivity contribution >= 4 is 21.9 Å². The molecule has 0 N–H and O–H groups in total. The third-order valence-electron chi connectivity index (χ3n) is 3.52. The highest BCUT2D eigenvalue weighted by Gasteiger charge is 2.35. The molecule has 4 heteroatoms. The number of cyclic esters (lactones) is 1. The molecule has 21 heavy (non-hydrogen) atoms. The number of rotatable bonds is 4. The predicted octanol–water partition coefficient (Wildman–Crippen LogP) is 3.93. The van der Waals surface area contributed by atoms with Gasteiger partial charge in [0, 0.05) is 10.9 Å². The van der Waals surface area contributed by atoms with Crippen molar-refractivity contribution in [2.45, 2.75) is 18.4 Å². The molecule has 0 spiro atoms. The predicted molar refractivity (Wildman–Crippen MR) is 83.3 cm³/mol. The molecule has 0 aromatic heterocycles. The van der Waals surface area contributed by atoms with Crippen molar-refractivity contribution in [3.8, 4) is 5.75 Å². The minimum atomic E-state index is -0.192. The molecule has 0 radical (unpaired) electrons. The first-order chi connectivity index (χ1) is 10.2. The minimum absolute atomic E-state index is 0.168. The van der Waals surface area contributed by atoms with E-state index in [1.54, 1.807) is 0 Å². The quantitative estimate of drug-likeness (QED) is 0.787. The molecule has 1 aliphatic heterocycles. The largest absolute Gasteiger partial charge is 0.490 e. The van der Waals surface area contributed by atoms with Crippen LogP contribution in [0.3, 0.4) is 0 Å². The van der Waals surface area contributed by atoms with Gasteiger partial charge in [-0.1, -0.05) is 46.3 Å². The normalized spacial score (nSPS) is 21.1. The molecule has 3 rings (SSSR count). The summed E-state index contributed by atoms with van der Waals surface area (Å²) in [7, 11) is 0. The molecular formula is C17H15BrO3. The summed E-state index contributed by atoms with van der Waals surface area (Å²) in [6.07, 6.45) is 0.471. The van der Waals surface area contributed by atoms with Gasteiger partial charge in [0.15, 0.2) is 0 Å². The number of para-hydroxylation sites is 1. The van der Waals surface area contributed by atoms with E-state index in [2.05, 4.69) is 15.9 Å². The van der Waals surface area contributed by atoms with Gasteiger partial charge in [-0.15, -0.1) is 0 Å². The standard InChI is InChI=1S/C17H15BrO3/c18-13-8-6-12(7-9-13)16-10-15(21-17(16)19)11-20-14-4-2-1-3-5-14/h1-9,15-16H,10-11H2. The second-order valence-electron chi connectivity index (χ2n) is 5.02. The molecule has 0 aliphatic carbocycles.